The average Bonchev–Trinajstić information content (AvgIpc) is 3.33. The number of nitrogens with zero attached hydrogens (tertiary/aromatic N) is 7. The number of fused-ring (bicyclic) bond motifs is 1. The zero-order valence-corrected chi connectivity index (χ0v) is 17.7. The van der Waals surface area contributed by atoms with Crippen LogP contribution in [0.1, 0.15) is 29.5 Å². The molecular formula is C22H24N8O. The second-order valence-corrected chi connectivity index (χ2v) is 7.24. The summed E-state index contributed by atoms with van der Waals surface area (Å²) in [5.41, 5.74) is 3.30. The quantitative estimate of drug-likeness (QED) is 0.494. The maximum absolute atomic E-state index is 13.3. The highest BCUT2D eigenvalue weighted by Gasteiger charge is 2.24. The minimum Gasteiger partial charge on any atom is -0.367 e. The van der Waals surface area contributed by atoms with E-state index < -0.39 is 0 Å². The SMILES string of the molecule is CCC(CNc1cnc2ccccc2n1)N(C)C(=O)c1nc(C)ccc1-n1nccn1. The molecule has 1 unspecified atom stereocenters. The number of para-hydroxylation sites is 2. The molecule has 1 aromatic carbocycles. The van der Waals surface area contributed by atoms with Crippen molar-refractivity contribution >= 4 is 22.8 Å². The van der Waals surface area contributed by atoms with Gasteiger partial charge in [-0.3, -0.25) is 9.78 Å². The summed E-state index contributed by atoms with van der Waals surface area (Å²) in [6.07, 6.45) is 5.61. The Morgan fingerprint density at radius 1 is 1.10 bits per heavy atom. The van der Waals surface area contributed by atoms with Crippen LogP contribution in [0.2, 0.25) is 0 Å². The smallest absolute Gasteiger partial charge is 0.274 e. The van der Waals surface area contributed by atoms with Crippen LogP contribution in [0.15, 0.2) is 55.0 Å². The van der Waals surface area contributed by atoms with Crippen molar-refractivity contribution < 1.29 is 4.79 Å². The second-order valence-electron chi connectivity index (χ2n) is 7.24. The molecule has 0 fully saturated rings. The molecule has 0 radical (unpaired) electrons. The van der Waals surface area contributed by atoms with Gasteiger partial charge in [0.15, 0.2) is 5.69 Å². The van der Waals surface area contributed by atoms with Gasteiger partial charge >= 0.3 is 0 Å². The van der Waals surface area contributed by atoms with Crippen LogP contribution in [-0.2, 0) is 0 Å². The lowest BCUT2D eigenvalue weighted by atomic mass is 10.1. The third-order valence-electron chi connectivity index (χ3n) is 5.16. The first kappa shape index (κ1) is 20.4. The fourth-order valence-electron chi connectivity index (χ4n) is 3.36. The first-order valence-corrected chi connectivity index (χ1v) is 10.1. The molecular weight excluding hydrogens is 392 g/mol. The fourth-order valence-corrected chi connectivity index (χ4v) is 3.36. The summed E-state index contributed by atoms with van der Waals surface area (Å²) in [5.74, 6) is 0.488. The van der Waals surface area contributed by atoms with Gasteiger partial charge in [-0.15, -0.1) is 4.80 Å². The molecule has 0 bridgehead atoms. The average molecular weight is 416 g/mol. The molecule has 31 heavy (non-hydrogen) atoms. The highest BCUT2D eigenvalue weighted by atomic mass is 16.2. The Kier molecular flexibility index (Phi) is 5.83. The van der Waals surface area contributed by atoms with Gasteiger partial charge < -0.3 is 10.2 Å². The molecule has 1 amide bonds. The van der Waals surface area contributed by atoms with E-state index in [2.05, 4.69) is 30.5 Å². The molecule has 1 N–H and O–H groups in total. The van der Waals surface area contributed by atoms with Crippen molar-refractivity contribution in [2.75, 3.05) is 18.9 Å². The van der Waals surface area contributed by atoms with Crippen molar-refractivity contribution in [1.82, 2.24) is 34.8 Å². The summed E-state index contributed by atoms with van der Waals surface area (Å²) >= 11 is 0. The molecule has 0 saturated carbocycles. The molecule has 0 spiro atoms. The predicted molar refractivity (Wildman–Crippen MR) is 118 cm³/mol. The Balaban J connectivity index is 1.52. The lowest BCUT2D eigenvalue weighted by Gasteiger charge is -2.28. The Bertz CT molecular complexity index is 1190. The van der Waals surface area contributed by atoms with Gasteiger partial charge in [0.05, 0.1) is 29.6 Å². The number of aromatic nitrogens is 6. The zero-order chi connectivity index (χ0) is 21.8. The highest BCUT2D eigenvalue weighted by Crippen LogP contribution is 2.17. The minimum atomic E-state index is -0.186. The normalized spacial score (nSPS) is 12.0. The number of hydrogen-bond acceptors (Lipinski definition) is 7. The first-order valence-electron chi connectivity index (χ1n) is 10.1. The molecule has 3 heterocycles. The molecule has 9 heteroatoms. The third kappa shape index (κ3) is 4.35. The number of anilines is 1. The number of nitrogens with one attached hydrogen (secondary N) is 1. The maximum Gasteiger partial charge on any atom is 0.274 e. The summed E-state index contributed by atoms with van der Waals surface area (Å²) in [4.78, 5) is 30.0. The van der Waals surface area contributed by atoms with E-state index in [-0.39, 0.29) is 11.9 Å². The van der Waals surface area contributed by atoms with Gasteiger partial charge in [0.25, 0.3) is 5.91 Å². The van der Waals surface area contributed by atoms with Crippen molar-refractivity contribution in [3.8, 4) is 5.69 Å². The summed E-state index contributed by atoms with van der Waals surface area (Å²) in [6, 6.07) is 11.3. The van der Waals surface area contributed by atoms with Crippen LogP contribution in [0.5, 0.6) is 0 Å². The molecule has 158 valence electrons. The highest BCUT2D eigenvalue weighted by molar-refractivity contribution is 5.95. The van der Waals surface area contributed by atoms with Gasteiger partial charge in [0.1, 0.15) is 11.5 Å². The predicted octanol–water partition coefficient (Wildman–Crippen LogP) is 2.88. The van der Waals surface area contributed by atoms with Crippen LogP contribution in [0, 0.1) is 6.92 Å². The van der Waals surface area contributed by atoms with E-state index in [0.717, 1.165) is 23.1 Å². The number of carbonyl (C=O) groups is 1. The van der Waals surface area contributed by atoms with Crippen molar-refractivity contribution in [3.63, 3.8) is 0 Å². The van der Waals surface area contributed by atoms with Crippen LogP contribution in [0.4, 0.5) is 5.82 Å². The Morgan fingerprint density at radius 2 is 1.84 bits per heavy atom. The fraction of sp³-hybridized carbons (Fsp3) is 0.273. The molecule has 4 aromatic rings. The topological polar surface area (TPSA) is 102 Å². The van der Waals surface area contributed by atoms with Crippen LogP contribution in [0.3, 0.4) is 0 Å². The van der Waals surface area contributed by atoms with Gasteiger partial charge in [0, 0.05) is 25.3 Å². The number of hydrogen-bond donors (Lipinski definition) is 1. The van der Waals surface area contributed by atoms with E-state index >= 15 is 0 Å². The first-order chi connectivity index (χ1) is 15.1. The largest absolute Gasteiger partial charge is 0.367 e. The maximum atomic E-state index is 13.3. The number of rotatable bonds is 7. The van der Waals surface area contributed by atoms with Gasteiger partial charge in [0.2, 0.25) is 0 Å². The Labute approximate surface area is 180 Å². The molecule has 0 aliphatic rings. The van der Waals surface area contributed by atoms with Gasteiger partial charge in [-0.2, -0.15) is 10.2 Å². The number of amides is 1. The lowest BCUT2D eigenvalue weighted by Crippen LogP contribution is -2.42. The summed E-state index contributed by atoms with van der Waals surface area (Å²) in [7, 11) is 1.79. The second kappa shape index (κ2) is 8.86. The van der Waals surface area contributed by atoms with E-state index in [1.54, 1.807) is 30.5 Å². The monoisotopic (exact) mass is 416 g/mol. The van der Waals surface area contributed by atoms with Crippen molar-refractivity contribution in [2.45, 2.75) is 26.3 Å². The molecule has 1 atom stereocenters. The van der Waals surface area contributed by atoms with Crippen LogP contribution in [0.25, 0.3) is 16.7 Å². The molecule has 0 aliphatic carbocycles. The van der Waals surface area contributed by atoms with Gasteiger partial charge in [-0.25, -0.2) is 9.97 Å². The van der Waals surface area contributed by atoms with Crippen molar-refractivity contribution in [1.29, 1.82) is 0 Å². The van der Waals surface area contributed by atoms with Crippen molar-refractivity contribution in [3.05, 3.63) is 66.4 Å². The number of likely N-dealkylation sites (N-methyl/N-ethyl adjacent to an activating group) is 1. The standard InChI is InChI=1S/C22H24N8O/c1-4-16(13-24-20-14-23-17-7-5-6-8-18(17)28-20)29(3)22(31)21-19(10-9-15(2)27-21)30-25-11-12-26-30/h5-12,14,16H,4,13H2,1-3H3,(H,24,28). The van der Waals surface area contributed by atoms with E-state index in [1.807, 2.05) is 50.2 Å². The molecule has 9 nitrogen and oxygen atoms in total. The van der Waals surface area contributed by atoms with Gasteiger partial charge in [-0.05, 0) is 37.6 Å². The Morgan fingerprint density at radius 3 is 2.58 bits per heavy atom. The van der Waals surface area contributed by atoms with E-state index in [1.165, 1.54) is 4.80 Å². The number of aryl methyl sites for hydroxylation is 1. The molecule has 3 aromatic heterocycles. The van der Waals surface area contributed by atoms with Gasteiger partial charge in [-0.1, -0.05) is 19.1 Å². The summed E-state index contributed by atoms with van der Waals surface area (Å²) in [6.45, 7) is 4.43. The third-order valence-corrected chi connectivity index (χ3v) is 5.16. The number of pyridine rings is 1. The summed E-state index contributed by atoms with van der Waals surface area (Å²) in [5, 5.41) is 11.6. The number of carbonyl (C=O) groups excluding carboxylic acids is 1. The Hall–Kier alpha value is -3.88. The van der Waals surface area contributed by atoms with Crippen LogP contribution < -0.4 is 5.32 Å². The van der Waals surface area contributed by atoms with Crippen molar-refractivity contribution in [2.24, 2.45) is 0 Å². The summed E-state index contributed by atoms with van der Waals surface area (Å²) < 4.78 is 0. The van der Waals surface area contributed by atoms with Crippen LogP contribution >= 0.6 is 0 Å². The van der Waals surface area contributed by atoms with E-state index in [4.69, 9.17) is 0 Å². The van der Waals surface area contributed by atoms with E-state index in [9.17, 15) is 4.79 Å². The van der Waals surface area contributed by atoms with Crippen LogP contribution in [-0.4, -0.2) is 60.4 Å². The molecule has 0 aliphatic heterocycles. The van der Waals surface area contributed by atoms with E-state index in [0.29, 0.717) is 23.7 Å². The number of benzene rings is 1. The molecule has 0 saturated heterocycles. The molecule has 4 rings (SSSR count). The minimum absolute atomic E-state index is 0.0680. The lowest BCUT2D eigenvalue weighted by molar-refractivity contribution is 0.0729. The zero-order valence-electron chi connectivity index (χ0n) is 17.7.